The van der Waals surface area contributed by atoms with E-state index in [-0.39, 0.29) is 35.2 Å². The molecule has 3 heterocycles. The highest BCUT2D eigenvalue weighted by molar-refractivity contribution is 7.93. The van der Waals surface area contributed by atoms with Gasteiger partial charge in [0.25, 0.3) is 0 Å². The van der Waals surface area contributed by atoms with E-state index in [4.69, 9.17) is 4.74 Å². The van der Waals surface area contributed by atoms with Gasteiger partial charge in [0, 0.05) is 30.9 Å². The van der Waals surface area contributed by atoms with Gasteiger partial charge >= 0.3 is 6.18 Å². The number of hydrogen-bond acceptors (Lipinski definition) is 9. The first-order valence-corrected chi connectivity index (χ1v) is 13.1. The minimum atomic E-state index is -4.63. The van der Waals surface area contributed by atoms with Crippen molar-refractivity contribution >= 4 is 38.2 Å². The maximum absolute atomic E-state index is 13.0. The van der Waals surface area contributed by atoms with E-state index in [9.17, 15) is 26.4 Å². The number of halogens is 3. The van der Waals surface area contributed by atoms with Crippen LogP contribution in [0.5, 0.6) is 0 Å². The van der Waals surface area contributed by atoms with Crippen molar-refractivity contribution in [2.24, 2.45) is 0 Å². The molecule has 1 unspecified atom stereocenters. The molecule has 15 heteroatoms. The summed E-state index contributed by atoms with van der Waals surface area (Å²) in [5.74, 6) is -1.04. The highest BCUT2D eigenvalue weighted by Crippen LogP contribution is 2.32. The summed E-state index contributed by atoms with van der Waals surface area (Å²) < 4.78 is 70.6. The number of carbonyl (C=O) groups excluding carboxylic acids is 1. The summed E-state index contributed by atoms with van der Waals surface area (Å²) in [6.45, 7) is 0.249. The fraction of sp³-hybridized carbons (Fsp3) is 0.381. The second-order valence-corrected chi connectivity index (χ2v) is 10.8. The van der Waals surface area contributed by atoms with Crippen LogP contribution in [0.1, 0.15) is 36.6 Å². The summed E-state index contributed by atoms with van der Waals surface area (Å²) in [5.41, 5.74) is -0.481. The fourth-order valence-corrected chi connectivity index (χ4v) is 5.56. The van der Waals surface area contributed by atoms with E-state index in [1.807, 2.05) is 0 Å². The van der Waals surface area contributed by atoms with Gasteiger partial charge in [0.15, 0.2) is 10.8 Å². The quantitative estimate of drug-likeness (QED) is 0.396. The number of hydrogen-bond donors (Lipinski definition) is 2. The molecule has 3 aromatic rings. The number of rotatable bonds is 10. The van der Waals surface area contributed by atoms with Crippen LogP contribution in [0.15, 0.2) is 36.1 Å². The van der Waals surface area contributed by atoms with Crippen LogP contribution in [0.2, 0.25) is 0 Å². The number of amides is 1. The monoisotopic (exact) mass is 542 g/mol. The van der Waals surface area contributed by atoms with Crippen molar-refractivity contribution in [3.8, 4) is 11.3 Å². The summed E-state index contributed by atoms with van der Waals surface area (Å²) in [5, 5.41) is 4.03. The number of nitrogens with one attached hydrogen (secondary N) is 2. The van der Waals surface area contributed by atoms with E-state index in [1.165, 1.54) is 31.6 Å². The molecule has 2 N–H and O–H groups in total. The van der Waals surface area contributed by atoms with E-state index >= 15 is 0 Å². The number of methoxy groups -OCH3 is 1. The molecule has 192 valence electrons. The van der Waals surface area contributed by atoms with Crippen LogP contribution in [0.4, 0.5) is 24.1 Å². The normalized spacial score (nSPS) is 14.9. The third-order valence-electron chi connectivity index (χ3n) is 5.23. The Hall–Kier alpha value is -3.17. The van der Waals surface area contributed by atoms with Crippen LogP contribution in [-0.2, 0) is 25.7 Å². The third kappa shape index (κ3) is 6.33. The first-order chi connectivity index (χ1) is 17.1. The molecule has 36 heavy (non-hydrogen) atoms. The number of sulfonamides is 1. The molecule has 0 radical (unpaired) electrons. The van der Waals surface area contributed by atoms with Crippen molar-refractivity contribution < 1.29 is 31.1 Å². The number of alkyl halides is 3. The predicted molar refractivity (Wildman–Crippen MR) is 126 cm³/mol. The number of ether oxygens (including phenoxy) is 1. The smallest absolute Gasteiger partial charge is 0.385 e. The molecule has 1 aliphatic carbocycles. The minimum Gasteiger partial charge on any atom is -0.385 e. The van der Waals surface area contributed by atoms with Crippen molar-refractivity contribution in [1.29, 1.82) is 0 Å². The highest BCUT2D eigenvalue weighted by atomic mass is 32.2. The molecule has 4 rings (SSSR count). The number of carbonyl (C=O) groups is 1. The molecule has 0 spiro atoms. The third-order valence-corrected chi connectivity index (χ3v) is 7.97. The van der Waals surface area contributed by atoms with Crippen LogP contribution in [0, 0.1) is 0 Å². The second kappa shape index (κ2) is 10.4. The highest BCUT2D eigenvalue weighted by Gasteiger charge is 2.36. The Labute approximate surface area is 208 Å². The van der Waals surface area contributed by atoms with Gasteiger partial charge in [0.05, 0.1) is 34.9 Å². The van der Waals surface area contributed by atoms with Crippen LogP contribution in [-0.4, -0.2) is 53.2 Å². The van der Waals surface area contributed by atoms with Gasteiger partial charge in [0.1, 0.15) is 5.82 Å². The lowest BCUT2D eigenvalue weighted by Crippen LogP contribution is -2.23. The molecule has 1 fully saturated rings. The zero-order valence-electron chi connectivity index (χ0n) is 18.8. The van der Waals surface area contributed by atoms with E-state index in [0.29, 0.717) is 24.7 Å². The van der Waals surface area contributed by atoms with Gasteiger partial charge in [-0.25, -0.2) is 23.4 Å². The Kier molecular flexibility index (Phi) is 7.51. The molecule has 3 aromatic heterocycles. The molecule has 1 amide bonds. The van der Waals surface area contributed by atoms with E-state index < -0.39 is 39.0 Å². The van der Waals surface area contributed by atoms with Gasteiger partial charge in [-0.15, -0.1) is 11.3 Å². The first-order valence-electron chi connectivity index (χ1n) is 10.7. The lowest BCUT2D eigenvalue weighted by Gasteiger charge is -2.14. The standard InChI is InChI=1S/C21H21F3N6O4S2/c1-34-7-6-14(16-11-35-20(28-16)30-36(32,33)13-3-4-13)19(31)29-18-5-2-12(8-26-18)15-9-25-10-17(27-15)21(22,23)24/h2,5,8-11,13-14H,3-4,6-7H2,1H3,(H,28,30)(H,26,29,31). The Morgan fingerprint density at radius 1 is 1.22 bits per heavy atom. The van der Waals surface area contributed by atoms with Gasteiger partial charge in [-0.3, -0.25) is 14.5 Å². The zero-order chi connectivity index (χ0) is 25.9. The largest absolute Gasteiger partial charge is 0.434 e. The van der Waals surface area contributed by atoms with Gasteiger partial charge in [-0.2, -0.15) is 13.2 Å². The number of anilines is 2. The van der Waals surface area contributed by atoms with Gasteiger partial charge in [-0.1, -0.05) is 0 Å². The van der Waals surface area contributed by atoms with Crippen molar-refractivity contribution in [3.63, 3.8) is 0 Å². The zero-order valence-corrected chi connectivity index (χ0v) is 20.5. The predicted octanol–water partition coefficient (Wildman–Crippen LogP) is 3.68. The summed E-state index contributed by atoms with van der Waals surface area (Å²) in [6, 6.07) is 2.89. The average Bonchev–Trinajstić information content (AvgIpc) is 3.61. The Bertz CT molecular complexity index is 1330. The maximum atomic E-state index is 13.0. The number of aromatic nitrogens is 4. The molecule has 0 saturated heterocycles. The van der Waals surface area contributed by atoms with E-state index in [1.54, 1.807) is 5.38 Å². The van der Waals surface area contributed by atoms with E-state index in [0.717, 1.165) is 11.3 Å². The van der Waals surface area contributed by atoms with Crippen molar-refractivity contribution in [2.75, 3.05) is 23.8 Å². The summed E-state index contributed by atoms with van der Waals surface area (Å²) in [7, 11) is -2.00. The van der Waals surface area contributed by atoms with Crippen LogP contribution in [0.3, 0.4) is 0 Å². The molecule has 1 aliphatic rings. The molecule has 0 aliphatic heterocycles. The van der Waals surface area contributed by atoms with E-state index in [2.05, 4.69) is 30.0 Å². The molecule has 0 aromatic carbocycles. The minimum absolute atomic E-state index is 0.0168. The summed E-state index contributed by atoms with van der Waals surface area (Å²) >= 11 is 1.08. The van der Waals surface area contributed by atoms with Crippen LogP contribution in [0.25, 0.3) is 11.3 Å². The molecule has 1 atom stereocenters. The summed E-state index contributed by atoms with van der Waals surface area (Å²) in [4.78, 5) is 28.5. The second-order valence-electron chi connectivity index (χ2n) is 7.97. The van der Waals surface area contributed by atoms with Crippen molar-refractivity contribution in [2.45, 2.75) is 36.6 Å². The fourth-order valence-electron chi connectivity index (χ4n) is 3.20. The Morgan fingerprint density at radius 3 is 2.64 bits per heavy atom. The lowest BCUT2D eigenvalue weighted by atomic mass is 10.0. The van der Waals surface area contributed by atoms with Crippen molar-refractivity contribution in [1.82, 2.24) is 19.9 Å². The Balaban J connectivity index is 1.47. The maximum Gasteiger partial charge on any atom is 0.434 e. The lowest BCUT2D eigenvalue weighted by molar-refractivity contribution is -0.141. The molecule has 10 nitrogen and oxygen atoms in total. The van der Waals surface area contributed by atoms with Crippen LogP contribution < -0.4 is 10.0 Å². The Morgan fingerprint density at radius 2 is 2.00 bits per heavy atom. The number of nitrogens with zero attached hydrogens (tertiary/aromatic N) is 4. The molecule has 1 saturated carbocycles. The van der Waals surface area contributed by atoms with Crippen molar-refractivity contribution in [3.05, 3.63) is 47.5 Å². The topological polar surface area (TPSA) is 136 Å². The molecular formula is C21H21F3N6O4S2. The SMILES string of the molecule is COCCC(C(=O)Nc1ccc(-c2cncc(C(F)(F)F)n2)cn1)c1csc(NS(=O)(=O)C2CC2)n1. The van der Waals surface area contributed by atoms with Gasteiger partial charge in [0.2, 0.25) is 15.9 Å². The first kappa shape index (κ1) is 25.9. The number of thiazole rings is 1. The average molecular weight is 543 g/mol. The molecule has 0 bridgehead atoms. The van der Waals surface area contributed by atoms with Gasteiger partial charge in [-0.05, 0) is 31.4 Å². The molecular weight excluding hydrogens is 521 g/mol. The number of pyridine rings is 1. The van der Waals surface area contributed by atoms with Gasteiger partial charge < -0.3 is 10.1 Å². The van der Waals surface area contributed by atoms with Crippen LogP contribution >= 0.6 is 11.3 Å². The summed E-state index contributed by atoms with van der Waals surface area (Å²) in [6.07, 6.45) is -0.0444.